The molecular formula is C21H28N2O5. The van der Waals surface area contributed by atoms with Crippen molar-refractivity contribution in [3.05, 3.63) is 47.9 Å². The largest absolute Gasteiger partial charge is 0.486 e. The molecule has 1 aliphatic heterocycles. The van der Waals surface area contributed by atoms with E-state index in [1.54, 1.807) is 18.3 Å². The van der Waals surface area contributed by atoms with Crippen molar-refractivity contribution in [3.63, 3.8) is 0 Å². The van der Waals surface area contributed by atoms with Crippen LogP contribution in [0.3, 0.4) is 0 Å². The summed E-state index contributed by atoms with van der Waals surface area (Å²) in [4.78, 5) is 14.7. The number of carbonyl (C=O) groups is 1. The van der Waals surface area contributed by atoms with Crippen LogP contribution in [-0.4, -0.2) is 44.4 Å². The molecule has 0 saturated carbocycles. The Kier molecular flexibility index (Phi) is 6.81. The lowest BCUT2D eigenvalue weighted by molar-refractivity contribution is 0.139. The number of rotatable bonds is 8. The van der Waals surface area contributed by atoms with Gasteiger partial charge < -0.3 is 28.8 Å². The van der Waals surface area contributed by atoms with Crippen molar-refractivity contribution in [1.82, 2.24) is 10.2 Å². The quantitative estimate of drug-likeness (QED) is 0.748. The lowest BCUT2D eigenvalue weighted by atomic mass is 9.95. The summed E-state index contributed by atoms with van der Waals surface area (Å²) in [7, 11) is 1.62. The second-order valence-electron chi connectivity index (χ2n) is 7.07. The molecular weight excluding hydrogens is 360 g/mol. The van der Waals surface area contributed by atoms with Gasteiger partial charge in [0, 0.05) is 13.7 Å². The normalized spacial score (nSPS) is 14.0. The van der Waals surface area contributed by atoms with Gasteiger partial charge in [-0.25, -0.2) is 4.79 Å². The Labute approximate surface area is 165 Å². The van der Waals surface area contributed by atoms with Crippen LogP contribution >= 0.6 is 0 Å². The van der Waals surface area contributed by atoms with Gasteiger partial charge in [0.15, 0.2) is 11.5 Å². The Morgan fingerprint density at radius 3 is 2.68 bits per heavy atom. The highest BCUT2D eigenvalue weighted by Crippen LogP contribution is 2.34. The molecule has 0 spiro atoms. The number of ether oxygens (including phenoxy) is 3. The number of amides is 2. The molecule has 1 aromatic heterocycles. The van der Waals surface area contributed by atoms with E-state index in [0.29, 0.717) is 32.9 Å². The molecule has 1 N–H and O–H groups in total. The highest BCUT2D eigenvalue weighted by Gasteiger charge is 2.24. The Morgan fingerprint density at radius 2 is 2.00 bits per heavy atom. The first-order valence-electron chi connectivity index (χ1n) is 9.54. The van der Waals surface area contributed by atoms with Crippen molar-refractivity contribution in [2.24, 2.45) is 5.92 Å². The van der Waals surface area contributed by atoms with E-state index in [4.69, 9.17) is 18.6 Å². The maximum absolute atomic E-state index is 13.0. The third kappa shape index (κ3) is 4.98. The number of hydrogen-bond donors (Lipinski definition) is 1. The van der Waals surface area contributed by atoms with E-state index in [2.05, 4.69) is 19.2 Å². The van der Waals surface area contributed by atoms with Crippen LogP contribution in [0.1, 0.15) is 31.2 Å². The highest BCUT2D eigenvalue weighted by atomic mass is 16.6. The summed E-state index contributed by atoms with van der Waals surface area (Å²) in [5.74, 6) is 2.38. The van der Waals surface area contributed by atoms with Gasteiger partial charge in [-0.15, -0.1) is 0 Å². The molecule has 2 amide bonds. The zero-order valence-electron chi connectivity index (χ0n) is 16.6. The Balaban J connectivity index is 1.75. The van der Waals surface area contributed by atoms with E-state index in [9.17, 15) is 4.79 Å². The Bertz CT molecular complexity index is 760. The summed E-state index contributed by atoms with van der Waals surface area (Å²) < 4.78 is 21.8. The summed E-state index contributed by atoms with van der Waals surface area (Å²) in [6, 6.07) is 9.17. The molecule has 1 aromatic carbocycles. The van der Waals surface area contributed by atoms with Crippen LogP contribution in [0.2, 0.25) is 0 Å². The standard InChI is InChI=1S/C21H28N2O5/c1-15(2)20(16-6-7-18-19(13-16)28-12-11-27-18)22-21(24)23(8-10-25-3)14-17-5-4-9-26-17/h4-7,9,13,15,20H,8,10-12,14H2,1-3H3,(H,22,24). The van der Waals surface area contributed by atoms with Crippen LogP contribution in [0.5, 0.6) is 11.5 Å². The molecule has 28 heavy (non-hydrogen) atoms. The first-order valence-corrected chi connectivity index (χ1v) is 9.54. The molecule has 7 heteroatoms. The molecule has 7 nitrogen and oxygen atoms in total. The van der Waals surface area contributed by atoms with Crippen LogP contribution in [0.4, 0.5) is 4.79 Å². The maximum atomic E-state index is 13.0. The predicted molar refractivity (Wildman–Crippen MR) is 105 cm³/mol. The van der Waals surface area contributed by atoms with Gasteiger partial charge in [0.2, 0.25) is 0 Å². The molecule has 1 unspecified atom stereocenters. The van der Waals surface area contributed by atoms with Crippen LogP contribution in [0.15, 0.2) is 41.0 Å². The zero-order valence-corrected chi connectivity index (χ0v) is 16.6. The average Bonchev–Trinajstić information content (AvgIpc) is 3.21. The number of fused-ring (bicyclic) bond motifs is 1. The average molecular weight is 388 g/mol. The topological polar surface area (TPSA) is 73.2 Å². The van der Waals surface area contributed by atoms with Gasteiger partial charge in [0.25, 0.3) is 0 Å². The smallest absolute Gasteiger partial charge is 0.318 e. The summed E-state index contributed by atoms with van der Waals surface area (Å²) in [6.45, 7) is 6.54. The number of nitrogens with one attached hydrogen (secondary N) is 1. The molecule has 0 fully saturated rings. The van der Waals surface area contributed by atoms with Gasteiger partial charge in [-0.3, -0.25) is 0 Å². The predicted octanol–water partition coefficient (Wildman–Crippen LogP) is 3.61. The fraction of sp³-hybridized carbons (Fsp3) is 0.476. The van der Waals surface area contributed by atoms with Crippen molar-refractivity contribution in [2.45, 2.75) is 26.4 Å². The van der Waals surface area contributed by atoms with Gasteiger partial charge in [0.1, 0.15) is 19.0 Å². The van der Waals surface area contributed by atoms with Crippen molar-refractivity contribution in [2.75, 3.05) is 33.5 Å². The highest BCUT2D eigenvalue weighted by molar-refractivity contribution is 5.74. The monoisotopic (exact) mass is 388 g/mol. The van der Waals surface area contributed by atoms with E-state index >= 15 is 0 Å². The number of urea groups is 1. The number of benzene rings is 1. The van der Waals surface area contributed by atoms with E-state index in [1.165, 1.54) is 0 Å². The van der Waals surface area contributed by atoms with Gasteiger partial charge in [0.05, 0.1) is 25.5 Å². The Morgan fingerprint density at radius 1 is 1.21 bits per heavy atom. The van der Waals surface area contributed by atoms with Gasteiger partial charge in [-0.05, 0) is 35.7 Å². The molecule has 3 rings (SSSR count). The molecule has 2 heterocycles. The summed E-state index contributed by atoms with van der Waals surface area (Å²) in [5.41, 5.74) is 0.984. The first kappa shape index (κ1) is 20.1. The third-order valence-electron chi connectivity index (χ3n) is 4.65. The van der Waals surface area contributed by atoms with Crippen LogP contribution in [0.25, 0.3) is 0 Å². The SMILES string of the molecule is COCCN(Cc1ccco1)C(=O)NC(c1ccc2c(c1)OCCO2)C(C)C. The lowest BCUT2D eigenvalue weighted by Crippen LogP contribution is -2.43. The second kappa shape index (κ2) is 9.50. The fourth-order valence-electron chi connectivity index (χ4n) is 3.16. The van der Waals surface area contributed by atoms with Gasteiger partial charge in [-0.2, -0.15) is 0 Å². The molecule has 0 saturated heterocycles. The zero-order chi connectivity index (χ0) is 19.9. The minimum atomic E-state index is -0.165. The van der Waals surface area contributed by atoms with E-state index < -0.39 is 0 Å². The number of carbonyl (C=O) groups excluding carboxylic acids is 1. The summed E-state index contributed by atoms with van der Waals surface area (Å²) in [5, 5.41) is 3.15. The number of furan rings is 1. The van der Waals surface area contributed by atoms with Gasteiger partial charge >= 0.3 is 6.03 Å². The fourth-order valence-corrected chi connectivity index (χ4v) is 3.16. The van der Waals surface area contributed by atoms with E-state index in [-0.39, 0.29) is 18.0 Å². The molecule has 0 radical (unpaired) electrons. The molecule has 0 aliphatic carbocycles. The molecule has 1 atom stereocenters. The van der Waals surface area contributed by atoms with Crippen molar-refractivity contribution in [1.29, 1.82) is 0 Å². The molecule has 152 valence electrons. The van der Waals surface area contributed by atoms with Crippen molar-refractivity contribution < 1.29 is 23.4 Å². The number of nitrogens with zero attached hydrogens (tertiary/aromatic N) is 1. The lowest BCUT2D eigenvalue weighted by Gasteiger charge is -2.29. The number of hydrogen-bond acceptors (Lipinski definition) is 5. The van der Waals surface area contributed by atoms with Crippen molar-refractivity contribution in [3.8, 4) is 11.5 Å². The van der Waals surface area contributed by atoms with Crippen LogP contribution in [0, 0.1) is 5.92 Å². The molecule has 2 aromatic rings. The molecule has 1 aliphatic rings. The maximum Gasteiger partial charge on any atom is 0.318 e. The minimum Gasteiger partial charge on any atom is -0.486 e. The second-order valence-corrected chi connectivity index (χ2v) is 7.07. The number of methoxy groups -OCH3 is 1. The summed E-state index contributed by atoms with van der Waals surface area (Å²) >= 11 is 0. The van der Waals surface area contributed by atoms with E-state index in [0.717, 1.165) is 22.8 Å². The van der Waals surface area contributed by atoms with E-state index in [1.807, 2.05) is 30.3 Å². The van der Waals surface area contributed by atoms with Gasteiger partial charge in [-0.1, -0.05) is 19.9 Å². The van der Waals surface area contributed by atoms with Crippen LogP contribution in [-0.2, 0) is 11.3 Å². The Hall–Kier alpha value is -2.67. The van der Waals surface area contributed by atoms with Crippen LogP contribution < -0.4 is 14.8 Å². The molecule has 0 bridgehead atoms. The van der Waals surface area contributed by atoms with Crippen molar-refractivity contribution >= 4 is 6.03 Å². The first-order chi connectivity index (χ1) is 13.6. The summed E-state index contributed by atoms with van der Waals surface area (Å²) in [6.07, 6.45) is 1.61. The minimum absolute atomic E-state index is 0.162. The third-order valence-corrected chi connectivity index (χ3v) is 4.65.